The van der Waals surface area contributed by atoms with E-state index >= 15 is 0 Å². The van der Waals surface area contributed by atoms with E-state index in [4.69, 9.17) is 9.88 Å². The van der Waals surface area contributed by atoms with E-state index in [0.717, 1.165) is 30.5 Å². The lowest BCUT2D eigenvalue weighted by Crippen LogP contribution is -2.13. The molecule has 1 aliphatic rings. The number of hydrogen-bond donors (Lipinski definition) is 2. The molecule has 4 rings (SSSR count). The summed E-state index contributed by atoms with van der Waals surface area (Å²) in [6.07, 6.45) is 6.61. The zero-order chi connectivity index (χ0) is 22.0. The summed E-state index contributed by atoms with van der Waals surface area (Å²) in [7, 11) is -3.71. The van der Waals surface area contributed by atoms with Gasteiger partial charge in [-0.15, -0.1) is 4.37 Å². The molecule has 164 valence electrons. The Balaban J connectivity index is 1.36. The van der Waals surface area contributed by atoms with Crippen LogP contribution in [0.2, 0.25) is 0 Å². The fourth-order valence-electron chi connectivity index (χ4n) is 3.60. The molecular weight excluding hydrogens is 436 g/mol. The summed E-state index contributed by atoms with van der Waals surface area (Å²) < 4.78 is 37.5. The van der Waals surface area contributed by atoms with Gasteiger partial charge in [-0.25, -0.2) is 23.5 Å². The maximum atomic E-state index is 11.3. The molecule has 1 saturated carbocycles. The number of ether oxygens (including phenoxy) is 1. The first-order valence-corrected chi connectivity index (χ1v) is 12.3. The molecule has 0 aliphatic heterocycles. The van der Waals surface area contributed by atoms with Crippen molar-refractivity contribution in [3.63, 3.8) is 0 Å². The molecule has 2 aromatic heterocycles. The highest BCUT2D eigenvalue weighted by atomic mass is 32.2. The summed E-state index contributed by atoms with van der Waals surface area (Å²) in [5, 5.41) is 8.17. The Labute approximate surface area is 185 Å². The van der Waals surface area contributed by atoms with Gasteiger partial charge < -0.3 is 10.1 Å². The first-order chi connectivity index (χ1) is 14.8. The second-order valence-corrected chi connectivity index (χ2v) is 9.98. The second-order valence-electron chi connectivity index (χ2n) is 7.89. The van der Waals surface area contributed by atoms with Crippen LogP contribution in [0.4, 0.5) is 11.6 Å². The fraction of sp³-hybridized carbons (Fsp3) is 0.400. The smallest absolute Gasteiger partial charge is 0.249 e. The van der Waals surface area contributed by atoms with Gasteiger partial charge in [0.1, 0.15) is 11.8 Å². The molecule has 3 N–H and O–H groups in total. The normalized spacial score (nSPS) is 19.0. The molecule has 0 radical (unpaired) electrons. The quantitative estimate of drug-likeness (QED) is 0.547. The van der Waals surface area contributed by atoms with Crippen LogP contribution in [0.1, 0.15) is 56.2 Å². The van der Waals surface area contributed by atoms with Gasteiger partial charge >= 0.3 is 0 Å². The molecule has 0 amide bonds. The van der Waals surface area contributed by atoms with Crippen molar-refractivity contribution >= 4 is 33.4 Å². The van der Waals surface area contributed by atoms with E-state index in [2.05, 4.69) is 37.9 Å². The minimum Gasteiger partial charge on any atom is -0.472 e. The molecule has 1 aromatic carbocycles. The van der Waals surface area contributed by atoms with E-state index in [1.807, 2.05) is 12.4 Å². The average molecular weight is 461 g/mol. The minimum absolute atomic E-state index is 0.0567. The number of nitrogens with one attached hydrogen (secondary N) is 1. The molecular formula is C20H24N6O3S2. The number of nitrogens with zero attached hydrogens (tertiary/aromatic N) is 4. The van der Waals surface area contributed by atoms with Crippen molar-refractivity contribution in [1.82, 2.24) is 18.7 Å². The van der Waals surface area contributed by atoms with Crippen LogP contribution in [0.3, 0.4) is 0 Å². The molecule has 11 heteroatoms. The van der Waals surface area contributed by atoms with E-state index in [-0.39, 0.29) is 16.9 Å². The third-order valence-electron chi connectivity index (χ3n) is 5.27. The number of nitrogens with two attached hydrogens (primary N) is 1. The third kappa shape index (κ3) is 5.17. The molecule has 0 spiro atoms. The molecule has 1 fully saturated rings. The molecule has 0 saturated heterocycles. The lowest BCUT2D eigenvalue weighted by atomic mass is 10.0. The monoisotopic (exact) mass is 460 g/mol. The predicted molar refractivity (Wildman–Crippen MR) is 118 cm³/mol. The molecule has 1 aliphatic carbocycles. The lowest BCUT2D eigenvalue weighted by molar-refractivity contribution is 0.198. The van der Waals surface area contributed by atoms with Gasteiger partial charge in [0, 0.05) is 24.0 Å². The van der Waals surface area contributed by atoms with Gasteiger partial charge in [0.05, 0.1) is 16.6 Å². The number of benzene rings is 1. The molecule has 31 heavy (non-hydrogen) atoms. The van der Waals surface area contributed by atoms with Crippen LogP contribution in [0, 0.1) is 0 Å². The Morgan fingerprint density at radius 2 is 1.84 bits per heavy atom. The van der Waals surface area contributed by atoms with Gasteiger partial charge in [-0.1, -0.05) is 13.8 Å². The van der Waals surface area contributed by atoms with Crippen LogP contribution < -0.4 is 15.2 Å². The van der Waals surface area contributed by atoms with Crippen LogP contribution in [0.5, 0.6) is 5.88 Å². The summed E-state index contributed by atoms with van der Waals surface area (Å²) >= 11 is 1.19. The lowest BCUT2D eigenvalue weighted by Gasteiger charge is -2.14. The van der Waals surface area contributed by atoms with E-state index in [1.54, 1.807) is 12.1 Å². The van der Waals surface area contributed by atoms with Gasteiger partial charge in [-0.05, 0) is 55.0 Å². The Morgan fingerprint density at radius 3 is 2.48 bits per heavy atom. The van der Waals surface area contributed by atoms with Crippen molar-refractivity contribution in [1.29, 1.82) is 0 Å². The fourth-order valence-corrected chi connectivity index (χ4v) is 4.74. The van der Waals surface area contributed by atoms with E-state index < -0.39 is 10.0 Å². The Morgan fingerprint density at radius 1 is 1.13 bits per heavy atom. The largest absolute Gasteiger partial charge is 0.472 e. The number of hydrogen-bond acceptors (Lipinski definition) is 9. The van der Waals surface area contributed by atoms with Gasteiger partial charge in [0.25, 0.3) is 0 Å². The van der Waals surface area contributed by atoms with Gasteiger partial charge in [0.2, 0.25) is 21.9 Å². The zero-order valence-electron chi connectivity index (χ0n) is 17.2. The van der Waals surface area contributed by atoms with Crippen LogP contribution >= 0.6 is 11.7 Å². The highest BCUT2D eigenvalue weighted by Gasteiger charge is 2.29. The number of primary sulfonamides is 1. The Hall–Kier alpha value is -2.63. The van der Waals surface area contributed by atoms with Gasteiger partial charge in [-0.3, -0.25) is 0 Å². The number of anilines is 2. The van der Waals surface area contributed by atoms with Gasteiger partial charge in [-0.2, -0.15) is 4.37 Å². The number of rotatable bonds is 7. The standard InChI is InChI=1S/C20H24N6O3S2/c1-12(2)18-19(26-30-25-18)29-16-6-3-13(9-16)14-10-22-20(23-11-14)24-15-4-7-17(8-5-15)31(21,27)28/h4-5,7-8,10-13,16H,3,6,9H2,1-2H3,(H2,21,27,28)(H,22,23,24)/t13-,16+/m1/s1. The van der Waals surface area contributed by atoms with E-state index in [1.165, 1.54) is 23.9 Å². The maximum Gasteiger partial charge on any atom is 0.249 e. The van der Waals surface area contributed by atoms with Crippen LogP contribution in [0.15, 0.2) is 41.6 Å². The van der Waals surface area contributed by atoms with E-state index in [9.17, 15) is 8.42 Å². The van der Waals surface area contributed by atoms with Crippen molar-refractivity contribution in [3.05, 3.63) is 47.9 Å². The SMILES string of the molecule is CC(C)c1nsnc1O[C@H]1CC[C@@H](c2cnc(Nc3ccc(S(N)(=O)=O)cc3)nc2)C1. The summed E-state index contributed by atoms with van der Waals surface area (Å²) in [5.41, 5.74) is 2.67. The van der Waals surface area contributed by atoms with Crippen molar-refractivity contribution in [3.8, 4) is 5.88 Å². The summed E-state index contributed by atoms with van der Waals surface area (Å²) in [6.45, 7) is 4.17. The van der Waals surface area contributed by atoms with Crippen molar-refractivity contribution in [2.75, 3.05) is 5.32 Å². The van der Waals surface area contributed by atoms with Gasteiger partial charge in [0.15, 0.2) is 0 Å². The number of aromatic nitrogens is 4. The third-order valence-corrected chi connectivity index (χ3v) is 6.73. The second kappa shape index (κ2) is 8.85. The number of sulfonamides is 1. The summed E-state index contributed by atoms with van der Waals surface area (Å²) in [5.74, 6) is 1.72. The first kappa shape index (κ1) is 21.6. The molecule has 2 atom stereocenters. The van der Waals surface area contributed by atoms with Crippen molar-refractivity contribution < 1.29 is 13.2 Å². The summed E-state index contributed by atoms with van der Waals surface area (Å²) in [4.78, 5) is 8.86. The van der Waals surface area contributed by atoms with Crippen LogP contribution in [0.25, 0.3) is 0 Å². The van der Waals surface area contributed by atoms with Crippen molar-refractivity contribution in [2.24, 2.45) is 5.14 Å². The van der Waals surface area contributed by atoms with E-state index in [0.29, 0.717) is 23.4 Å². The zero-order valence-corrected chi connectivity index (χ0v) is 18.9. The van der Waals surface area contributed by atoms with Crippen LogP contribution in [-0.4, -0.2) is 33.2 Å². The molecule has 9 nitrogen and oxygen atoms in total. The molecule has 2 heterocycles. The maximum absolute atomic E-state index is 11.3. The Bertz CT molecular complexity index is 1130. The summed E-state index contributed by atoms with van der Waals surface area (Å²) in [6, 6.07) is 6.11. The highest BCUT2D eigenvalue weighted by molar-refractivity contribution is 7.89. The minimum atomic E-state index is -3.71. The molecule has 0 bridgehead atoms. The van der Waals surface area contributed by atoms with Crippen LogP contribution in [-0.2, 0) is 10.0 Å². The topological polar surface area (TPSA) is 133 Å². The van der Waals surface area contributed by atoms with Crippen molar-refractivity contribution in [2.45, 2.75) is 55.9 Å². The molecule has 0 unspecified atom stereocenters. The Kier molecular flexibility index (Phi) is 6.17. The average Bonchev–Trinajstić information content (AvgIpc) is 3.38. The predicted octanol–water partition coefficient (Wildman–Crippen LogP) is 3.56. The highest BCUT2D eigenvalue weighted by Crippen LogP contribution is 2.37. The molecule has 3 aromatic rings. The first-order valence-electron chi connectivity index (χ1n) is 10.0.